The Kier molecular flexibility index (Phi) is 7.21. The number of ether oxygens (including phenoxy) is 1. The van der Waals surface area contributed by atoms with Gasteiger partial charge in [0.2, 0.25) is 0 Å². The maximum Gasteiger partial charge on any atom is 0.490 e. The molecule has 0 aliphatic carbocycles. The molecule has 3 heterocycles. The SMILES string of the molecule is CC1(N=[N+]=[N-])[C@H](O)[C@@H](COP(=O)(O)OP(=O)(O)OP(=O)(O)O)O[C@H]1c1cnc2c(N)ncnn12. The number of aliphatic hydroxyl groups excluding tert-OH is 1. The minimum atomic E-state index is -5.74. The Bertz CT molecular complexity index is 1280. The molecule has 34 heavy (non-hydrogen) atoms. The zero-order valence-electron chi connectivity index (χ0n) is 16.7. The summed E-state index contributed by atoms with van der Waals surface area (Å²) in [6.45, 7) is 0.322. The van der Waals surface area contributed by atoms with E-state index in [0.717, 1.165) is 6.33 Å². The summed E-state index contributed by atoms with van der Waals surface area (Å²) in [5.41, 5.74) is 13.3. The van der Waals surface area contributed by atoms with Crippen molar-refractivity contribution in [1.29, 1.82) is 0 Å². The first kappa shape index (κ1) is 26.6. The maximum atomic E-state index is 12.0. The van der Waals surface area contributed by atoms with E-state index in [-0.39, 0.29) is 17.2 Å². The van der Waals surface area contributed by atoms with E-state index in [1.165, 1.54) is 17.6 Å². The van der Waals surface area contributed by atoms with Gasteiger partial charge in [-0.1, -0.05) is 5.11 Å². The van der Waals surface area contributed by atoms with Crippen molar-refractivity contribution in [2.75, 3.05) is 12.3 Å². The molecule has 0 saturated carbocycles. The van der Waals surface area contributed by atoms with Crippen LogP contribution in [0.15, 0.2) is 17.6 Å². The molecule has 0 radical (unpaired) electrons. The van der Waals surface area contributed by atoms with Crippen molar-refractivity contribution >= 4 is 34.9 Å². The van der Waals surface area contributed by atoms with Crippen LogP contribution < -0.4 is 5.73 Å². The number of fused-ring (bicyclic) bond motifs is 1. The van der Waals surface area contributed by atoms with Crippen molar-refractivity contribution in [2.45, 2.75) is 30.8 Å². The highest BCUT2D eigenvalue weighted by Crippen LogP contribution is 2.66. The minimum absolute atomic E-state index is 0.00879. The Balaban J connectivity index is 1.83. The van der Waals surface area contributed by atoms with Crippen LogP contribution in [-0.4, -0.2) is 68.6 Å². The standard InChI is InChI=1S/C11H17N8O12P3/c1-11(17-18-13)7(20)6(3-28-33(24,25)31-34(26,27)30-32(21,22)23)29-8(11)5-2-14-10-9(12)15-4-16-19(5)10/h2,4,6-8,20H,3H2,1H3,(H,24,25)(H,26,27)(H2,12,15,16)(H2,21,22,23)/t6-,7-,8+,11?/m1/s1. The predicted molar refractivity (Wildman–Crippen MR) is 106 cm³/mol. The van der Waals surface area contributed by atoms with Crippen molar-refractivity contribution in [2.24, 2.45) is 5.11 Å². The van der Waals surface area contributed by atoms with Crippen LogP contribution in [0.5, 0.6) is 0 Å². The number of hydrogen-bond acceptors (Lipinski definition) is 13. The third kappa shape index (κ3) is 5.62. The minimum Gasteiger partial charge on any atom is -0.389 e. The Morgan fingerprint density at radius 1 is 1.26 bits per heavy atom. The van der Waals surface area contributed by atoms with Crippen LogP contribution in [0.1, 0.15) is 18.7 Å². The third-order valence-corrected chi connectivity index (χ3v) is 8.30. The number of aliphatic hydroxyl groups is 1. The molecule has 2 aromatic rings. The van der Waals surface area contributed by atoms with E-state index in [4.69, 9.17) is 25.8 Å². The van der Waals surface area contributed by atoms with Gasteiger partial charge in [-0.2, -0.15) is 13.7 Å². The molecule has 20 nitrogen and oxygen atoms in total. The van der Waals surface area contributed by atoms with Crippen molar-refractivity contribution in [3.05, 3.63) is 28.7 Å². The second-order valence-corrected chi connectivity index (χ2v) is 11.3. The summed E-state index contributed by atoms with van der Waals surface area (Å²) in [5.74, 6) is 0.00879. The fourth-order valence-electron chi connectivity index (χ4n) is 3.13. The molecule has 6 atom stereocenters. The zero-order valence-corrected chi connectivity index (χ0v) is 19.4. The molecule has 188 valence electrons. The number of rotatable bonds is 9. The summed E-state index contributed by atoms with van der Waals surface area (Å²) >= 11 is 0. The lowest BCUT2D eigenvalue weighted by atomic mass is 9.88. The number of nitrogens with two attached hydrogens (primary N) is 1. The van der Waals surface area contributed by atoms with Gasteiger partial charge in [-0.3, -0.25) is 4.52 Å². The van der Waals surface area contributed by atoms with Crippen LogP contribution in [-0.2, 0) is 31.6 Å². The largest absolute Gasteiger partial charge is 0.490 e. The highest BCUT2D eigenvalue weighted by Gasteiger charge is 2.55. The van der Waals surface area contributed by atoms with Crippen LogP contribution in [0, 0.1) is 0 Å². The molecule has 2 aromatic heterocycles. The van der Waals surface area contributed by atoms with Crippen molar-refractivity contribution < 1.29 is 56.3 Å². The topological polar surface area (TPSA) is 307 Å². The molecule has 1 aliphatic heterocycles. The lowest BCUT2D eigenvalue weighted by Gasteiger charge is -2.26. The average molecular weight is 546 g/mol. The number of phosphoric ester groups is 1. The number of azide groups is 1. The predicted octanol–water partition coefficient (Wildman–Crippen LogP) is -0.0804. The van der Waals surface area contributed by atoms with E-state index in [9.17, 15) is 28.6 Å². The number of nitrogen functional groups attached to an aromatic ring is 1. The quantitative estimate of drug-likeness (QED) is 0.104. The number of anilines is 1. The normalized spacial score (nSPS) is 28.8. The number of nitrogens with zero attached hydrogens (tertiary/aromatic N) is 7. The number of aromatic nitrogens is 4. The van der Waals surface area contributed by atoms with E-state index in [0.29, 0.717) is 0 Å². The summed E-state index contributed by atoms with van der Waals surface area (Å²) in [4.78, 5) is 46.5. The zero-order chi connectivity index (χ0) is 25.5. The monoisotopic (exact) mass is 546 g/mol. The Hall–Kier alpha value is -2.01. The van der Waals surface area contributed by atoms with Gasteiger partial charge in [0.15, 0.2) is 11.5 Å². The molecule has 0 aromatic carbocycles. The van der Waals surface area contributed by atoms with Gasteiger partial charge in [0, 0.05) is 4.91 Å². The van der Waals surface area contributed by atoms with Crippen LogP contribution in [0.4, 0.5) is 5.82 Å². The summed E-state index contributed by atoms with van der Waals surface area (Å²) in [6, 6.07) is 0. The molecule has 3 unspecified atom stereocenters. The first-order valence-electron chi connectivity index (χ1n) is 8.71. The van der Waals surface area contributed by atoms with Gasteiger partial charge < -0.3 is 35.2 Å². The Morgan fingerprint density at radius 3 is 2.56 bits per heavy atom. The van der Waals surface area contributed by atoms with Crippen molar-refractivity contribution in [3.8, 4) is 0 Å². The lowest BCUT2D eigenvalue weighted by Crippen LogP contribution is -2.41. The van der Waals surface area contributed by atoms with Crippen LogP contribution >= 0.6 is 23.5 Å². The maximum absolute atomic E-state index is 12.0. The molecular formula is C11H17N8O12P3. The van der Waals surface area contributed by atoms with E-state index >= 15 is 0 Å². The number of phosphoric acid groups is 3. The molecule has 3 rings (SSSR count). The van der Waals surface area contributed by atoms with Gasteiger partial charge in [-0.25, -0.2) is 28.2 Å². The van der Waals surface area contributed by atoms with Crippen LogP contribution in [0.3, 0.4) is 0 Å². The second-order valence-electron chi connectivity index (χ2n) is 6.87. The summed E-state index contributed by atoms with van der Waals surface area (Å²) in [5, 5.41) is 18.3. The van der Waals surface area contributed by atoms with Crippen LogP contribution in [0.2, 0.25) is 0 Å². The molecule has 1 saturated heterocycles. The highest BCUT2D eigenvalue weighted by molar-refractivity contribution is 7.66. The van der Waals surface area contributed by atoms with E-state index in [1.807, 2.05) is 0 Å². The lowest BCUT2D eigenvalue weighted by molar-refractivity contribution is -0.0235. The average Bonchev–Trinajstić information content (AvgIpc) is 3.19. The van der Waals surface area contributed by atoms with Gasteiger partial charge in [0.05, 0.1) is 24.6 Å². The third-order valence-electron chi connectivity index (χ3n) is 4.50. The number of imidazole rings is 1. The van der Waals surface area contributed by atoms with Gasteiger partial charge in [0.25, 0.3) is 0 Å². The Labute approximate surface area is 188 Å². The van der Waals surface area contributed by atoms with Gasteiger partial charge in [-0.05, 0) is 12.5 Å². The molecule has 0 spiro atoms. The second kappa shape index (κ2) is 9.22. The molecule has 0 bridgehead atoms. The number of hydrogen-bond donors (Lipinski definition) is 6. The van der Waals surface area contributed by atoms with Crippen molar-refractivity contribution in [3.63, 3.8) is 0 Å². The molecule has 1 fully saturated rings. The summed E-state index contributed by atoms with van der Waals surface area (Å²) in [7, 11) is -16.8. The molecule has 7 N–H and O–H groups in total. The molecule has 0 amide bonds. The van der Waals surface area contributed by atoms with Gasteiger partial charge in [-0.15, -0.1) is 0 Å². The molecular weight excluding hydrogens is 529 g/mol. The van der Waals surface area contributed by atoms with Gasteiger partial charge in [0.1, 0.15) is 24.1 Å². The molecule has 1 aliphatic rings. The smallest absolute Gasteiger partial charge is 0.389 e. The summed E-state index contributed by atoms with van der Waals surface area (Å²) in [6.07, 6.45) is -2.05. The first-order valence-corrected chi connectivity index (χ1v) is 13.2. The highest BCUT2D eigenvalue weighted by atomic mass is 31.3. The van der Waals surface area contributed by atoms with E-state index in [2.05, 4.69) is 38.2 Å². The molecule has 23 heteroatoms. The summed E-state index contributed by atoms with van der Waals surface area (Å²) < 4.78 is 52.7. The van der Waals surface area contributed by atoms with Crippen LogP contribution in [0.25, 0.3) is 16.1 Å². The fraction of sp³-hybridized carbons (Fsp3) is 0.545. The van der Waals surface area contributed by atoms with E-state index < -0.39 is 53.9 Å². The van der Waals surface area contributed by atoms with Gasteiger partial charge >= 0.3 is 23.5 Å². The first-order chi connectivity index (χ1) is 15.6. The fourth-order valence-corrected chi connectivity index (χ4v) is 6.16. The Morgan fingerprint density at radius 2 is 1.94 bits per heavy atom. The van der Waals surface area contributed by atoms with Crippen molar-refractivity contribution in [1.82, 2.24) is 19.6 Å². The van der Waals surface area contributed by atoms with E-state index in [1.54, 1.807) is 0 Å².